The number of aliphatic hydroxyl groups excluding tert-OH is 1. The van der Waals surface area contributed by atoms with Crippen LogP contribution in [0.4, 0.5) is 13.2 Å². The maximum atomic E-state index is 12.5. The molecular formula is C13H12F3NO3. The third-order valence-corrected chi connectivity index (χ3v) is 3.14. The van der Waals surface area contributed by atoms with Crippen molar-refractivity contribution in [1.29, 1.82) is 0 Å². The minimum atomic E-state index is -5.06. The highest BCUT2D eigenvalue weighted by molar-refractivity contribution is 6.02. The number of amides is 1. The number of hydrogen-bond acceptors (Lipinski definition) is 3. The predicted octanol–water partition coefficient (Wildman–Crippen LogP) is 1.39. The van der Waals surface area contributed by atoms with Gasteiger partial charge in [-0.05, 0) is 0 Å². The second kappa shape index (κ2) is 5.24. The maximum Gasteiger partial charge on any atom is 0.471 e. The summed E-state index contributed by atoms with van der Waals surface area (Å²) in [6.45, 7) is -0.485. The average molecular weight is 287 g/mol. The zero-order chi connectivity index (χ0) is 14.9. The van der Waals surface area contributed by atoms with Gasteiger partial charge < -0.3 is 10.0 Å². The van der Waals surface area contributed by atoms with Crippen molar-refractivity contribution in [2.24, 2.45) is 0 Å². The molecule has 0 spiro atoms. The number of halogens is 3. The van der Waals surface area contributed by atoms with E-state index in [9.17, 15) is 27.9 Å². The van der Waals surface area contributed by atoms with Crippen molar-refractivity contribution in [2.75, 3.05) is 6.54 Å². The lowest BCUT2D eigenvalue weighted by atomic mass is 10.0. The number of carbonyl (C=O) groups excluding carboxylic acids is 2. The first-order valence-electron chi connectivity index (χ1n) is 5.96. The lowest BCUT2D eigenvalue weighted by Crippen LogP contribution is -2.47. The zero-order valence-electron chi connectivity index (χ0n) is 10.3. The van der Waals surface area contributed by atoms with E-state index in [0.717, 1.165) is 0 Å². The lowest BCUT2D eigenvalue weighted by molar-refractivity contribution is -0.185. The van der Waals surface area contributed by atoms with Gasteiger partial charge in [-0.2, -0.15) is 13.2 Å². The molecule has 1 aliphatic rings. The van der Waals surface area contributed by atoms with Crippen LogP contribution in [0.25, 0.3) is 0 Å². The minimum absolute atomic E-state index is 0.185. The molecule has 1 fully saturated rings. The lowest BCUT2D eigenvalue weighted by Gasteiger charge is -2.24. The van der Waals surface area contributed by atoms with Gasteiger partial charge in [-0.15, -0.1) is 0 Å². The van der Waals surface area contributed by atoms with Crippen molar-refractivity contribution in [3.8, 4) is 0 Å². The first-order chi connectivity index (χ1) is 9.30. The summed E-state index contributed by atoms with van der Waals surface area (Å²) >= 11 is 0. The Morgan fingerprint density at radius 2 is 1.80 bits per heavy atom. The summed E-state index contributed by atoms with van der Waals surface area (Å²) in [6, 6.07) is 6.47. The summed E-state index contributed by atoms with van der Waals surface area (Å²) in [5.74, 6) is -2.69. The van der Waals surface area contributed by atoms with Gasteiger partial charge in [0.1, 0.15) is 0 Å². The molecule has 108 valence electrons. The second-order valence-corrected chi connectivity index (χ2v) is 4.59. The number of benzene rings is 1. The van der Waals surface area contributed by atoms with E-state index in [0.29, 0.717) is 4.90 Å². The molecule has 1 heterocycles. The fourth-order valence-corrected chi connectivity index (χ4v) is 2.24. The molecule has 1 aromatic carbocycles. The summed E-state index contributed by atoms with van der Waals surface area (Å²) < 4.78 is 37.4. The van der Waals surface area contributed by atoms with Gasteiger partial charge in [0.25, 0.3) is 0 Å². The number of β-amino-alcohol motifs (C(OH)–C–C–N with tert-alkyl or cyclic N) is 1. The Kier molecular flexibility index (Phi) is 3.80. The molecule has 4 nitrogen and oxygen atoms in total. The third kappa shape index (κ3) is 2.82. The van der Waals surface area contributed by atoms with E-state index in [1.807, 2.05) is 0 Å². The number of rotatable bonds is 2. The Bertz CT molecular complexity index is 515. The maximum absolute atomic E-state index is 12.5. The van der Waals surface area contributed by atoms with Crippen LogP contribution in [0.5, 0.6) is 0 Å². The van der Waals surface area contributed by atoms with Crippen LogP contribution in [0, 0.1) is 0 Å². The Labute approximate surface area is 112 Å². The molecule has 2 atom stereocenters. The van der Waals surface area contributed by atoms with Gasteiger partial charge in [-0.3, -0.25) is 9.59 Å². The largest absolute Gasteiger partial charge is 0.471 e. The van der Waals surface area contributed by atoms with E-state index in [-0.39, 0.29) is 12.0 Å². The summed E-state index contributed by atoms with van der Waals surface area (Å²) in [6.07, 6.45) is -6.37. The molecule has 1 aromatic rings. The zero-order valence-corrected chi connectivity index (χ0v) is 10.3. The summed E-state index contributed by atoms with van der Waals surface area (Å²) in [7, 11) is 0. The van der Waals surface area contributed by atoms with Crippen molar-refractivity contribution >= 4 is 11.7 Å². The van der Waals surface area contributed by atoms with Crippen LogP contribution in [0.3, 0.4) is 0 Å². The quantitative estimate of drug-likeness (QED) is 0.836. The highest BCUT2D eigenvalue weighted by Gasteiger charge is 2.49. The number of nitrogens with zero attached hydrogens (tertiary/aromatic N) is 1. The predicted molar refractivity (Wildman–Crippen MR) is 63.0 cm³/mol. The van der Waals surface area contributed by atoms with E-state index >= 15 is 0 Å². The molecule has 0 aliphatic carbocycles. The number of carbonyl (C=O) groups is 2. The molecule has 1 amide bonds. The molecule has 0 aromatic heterocycles. The molecule has 1 saturated heterocycles. The fourth-order valence-electron chi connectivity index (χ4n) is 2.24. The molecule has 20 heavy (non-hydrogen) atoms. The highest BCUT2D eigenvalue weighted by atomic mass is 19.4. The van der Waals surface area contributed by atoms with Crippen molar-refractivity contribution < 1.29 is 27.9 Å². The van der Waals surface area contributed by atoms with E-state index in [1.54, 1.807) is 18.2 Å². The average Bonchev–Trinajstić information content (AvgIpc) is 2.79. The minimum Gasteiger partial charge on any atom is -0.391 e. The third-order valence-electron chi connectivity index (χ3n) is 3.14. The van der Waals surface area contributed by atoms with E-state index in [4.69, 9.17) is 0 Å². The Balaban J connectivity index is 2.25. The number of Topliss-reactive ketones (excluding diaryl/α,β-unsaturated/α-hetero) is 1. The van der Waals surface area contributed by atoms with Crippen LogP contribution >= 0.6 is 0 Å². The van der Waals surface area contributed by atoms with E-state index in [2.05, 4.69) is 0 Å². The number of likely N-dealkylation sites (tertiary alicyclic amines) is 1. The Morgan fingerprint density at radius 1 is 1.20 bits per heavy atom. The molecule has 0 radical (unpaired) electrons. The normalized spacial score (nSPS) is 22.9. The van der Waals surface area contributed by atoms with Crippen LogP contribution in [0.1, 0.15) is 16.8 Å². The Morgan fingerprint density at radius 3 is 2.35 bits per heavy atom. The first-order valence-corrected chi connectivity index (χ1v) is 5.96. The monoisotopic (exact) mass is 287 g/mol. The van der Waals surface area contributed by atoms with Gasteiger partial charge in [-0.1, -0.05) is 30.3 Å². The van der Waals surface area contributed by atoms with Crippen molar-refractivity contribution in [2.45, 2.75) is 24.7 Å². The van der Waals surface area contributed by atoms with E-state index < -0.39 is 36.6 Å². The van der Waals surface area contributed by atoms with Crippen LogP contribution in [0.2, 0.25) is 0 Å². The number of aliphatic hydroxyl groups is 1. The van der Waals surface area contributed by atoms with Crippen LogP contribution in [-0.4, -0.2) is 46.6 Å². The van der Waals surface area contributed by atoms with Gasteiger partial charge in [0.2, 0.25) is 0 Å². The standard InChI is InChI=1S/C13H12F3NO3/c14-13(15,16)12(20)17-7-9(18)6-10(17)11(19)8-4-2-1-3-5-8/h1-5,9-10,18H,6-7H2/t9-,10+/m1/s1. The number of hydrogen-bond donors (Lipinski definition) is 1. The van der Waals surface area contributed by atoms with Crippen LogP contribution in [0.15, 0.2) is 30.3 Å². The summed E-state index contributed by atoms with van der Waals surface area (Å²) in [5, 5.41) is 9.47. The molecule has 0 bridgehead atoms. The van der Waals surface area contributed by atoms with Gasteiger partial charge in [0.05, 0.1) is 12.1 Å². The summed E-state index contributed by atoms with van der Waals surface area (Å²) in [4.78, 5) is 23.9. The smallest absolute Gasteiger partial charge is 0.391 e. The molecule has 2 rings (SSSR count). The molecule has 1 N–H and O–H groups in total. The van der Waals surface area contributed by atoms with Gasteiger partial charge in [0.15, 0.2) is 5.78 Å². The topological polar surface area (TPSA) is 57.6 Å². The van der Waals surface area contributed by atoms with Crippen LogP contribution < -0.4 is 0 Å². The first kappa shape index (κ1) is 14.5. The van der Waals surface area contributed by atoms with E-state index in [1.165, 1.54) is 12.1 Å². The molecule has 0 unspecified atom stereocenters. The molecule has 7 heteroatoms. The SMILES string of the molecule is O=C(c1ccccc1)[C@@H]1C[C@@H](O)CN1C(=O)C(F)(F)F. The van der Waals surface area contributed by atoms with Crippen molar-refractivity contribution in [3.63, 3.8) is 0 Å². The van der Waals surface area contributed by atoms with Gasteiger partial charge >= 0.3 is 12.1 Å². The highest BCUT2D eigenvalue weighted by Crippen LogP contribution is 2.27. The number of alkyl halides is 3. The van der Waals surface area contributed by atoms with Gasteiger partial charge in [-0.25, -0.2) is 0 Å². The van der Waals surface area contributed by atoms with Crippen molar-refractivity contribution in [3.05, 3.63) is 35.9 Å². The summed E-state index contributed by atoms with van der Waals surface area (Å²) in [5.41, 5.74) is 0.214. The molecule has 0 saturated carbocycles. The van der Waals surface area contributed by atoms with Crippen molar-refractivity contribution in [1.82, 2.24) is 4.90 Å². The molecular weight excluding hydrogens is 275 g/mol. The Hall–Kier alpha value is -1.89. The fraction of sp³-hybridized carbons (Fsp3) is 0.385. The number of ketones is 1. The van der Waals surface area contributed by atoms with Gasteiger partial charge in [0, 0.05) is 18.5 Å². The molecule has 1 aliphatic heterocycles. The second-order valence-electron chi connectivity index (χ2n) is 4.59. The van der Waals surface area contributed by atoms with Crippen LogP contribution in [-0.2, 0) is 4.79 Å².